The van der Waals surface area contributed by atoms with Crippen molar-refractivity contribution in [2.75, 3.05) is 0 Å². The van der Waals surface area contributed by atoms with E-state index in [9.17, 15) is 4.39 Å². The van der Waals surface area contributed by atoms with Crippen molar-refractivity contribution in [2.45, 2.75) is 45.1 Å². The van der Waals surface area contributed by atoms with Crippen LogP contribution in [-0.2, 0) is 6.42 Å². The molecule has 0 heterocycles. The number of rotatable bonds is 7. The minimum atomic E-state index is -0.201. The van der Waals surface area contributed by atoms with E-state index in [1.807, 2.05) is 0 Å². The van der Waals surface area contributed by atoms with Gasteiger partial charge < -0.3 is 0 Å². The molecule has 0 bridgehead atoms. The Morgan fingerprint density at radius 1 is 1.41 bits per heavy atom. The first-order valence-electron chi connectivity index (χ1n) is 6.07. The molecule has 1 unspecified atom stereocenters. The van der Waals surface area contributed by atoms with Crippen LogP contribution in [0.25, 0.3) is 0 Å². The lowest BCUT2D eigenvalue weighted by Crippen LogP contribution is -2.36. The number of hydrazine groups is 1. The topological polar surface area (TPSA) is 38.0 Å². The Hall–Kier alpha value is -0.450. The smallest absolute Gasteiger partial charge is 0.123 e. The molecule has 0 fully saturated rings. The predicted molar refractivity (Wildman–Crippen MR) is 73.1 cm³/mol. The Morgan fingerprint density at radius 3 is 2.82 bits per heavy atom. The zero-order valence-corrected chi connectivity index (χ0v) is 11.8. The molecule has 1 aromatic rings. The fourth-order valence-electron chi connectivity index (χ4n) is 1.85. The van der Waals surface area contributed by atoms with Crippen LogP contribution in [0.3, 0.4) is 0 Å². The highest BCUT2D eigenvalue weighted by atomic mass is 79.9. The number of nitrogens with one attached hydrogen (secondary N) is 1. The Bertz CT molecular complexity index is 344. The van der Waals surface area contributed by atoms with Gasteiger partial charge in [0.2, 0.25) is 0 Å². The van der Waals surface area contributed by atoms with Gasteiger partial charge in [-0.05, 0) is 36.6 Å². The summed E-state index contributed by atoms with van der Waals surface area (Å²) in [5, 5.41) is 0. The average molecular weight is 303 g/mol. The monoisotopic (exact) mass is 302 g/mol. The second kappa shape index (κ2) is 7.80. The van der Waals surface area contributed by atoms with Gasteiger partial charge in [0, 0.05) is 10.5 Å². The SMILES string of the molecule is CCCCCC(Cc1cc(F)ccc1Br)NN. The first-order chi connectivity index (χ1) is 8.17. The van der Waals surface area contributed by atoms with Crippen molar-refractivity contribution in [3.63, 3.8) is 0 Å². The largest absolute Gasteiger partial charge is 0.271 e. The molecule has 1 atom stereocenters. The molecule has 0 radical (unpaired) electrons. The zero-order valence-electron chi connectivity index (χ0n) is 10.2. The van der Waals surface area contributed by atoms with E-state index in [2.05, 4.69) is 28.3 Å². The highest BCUT2D eigenvalue weighted by Crippen LogP contribution is 2.20. The molecule has 1 aromatic carbocycles. The maximum atomic E-state index is 13.1. The third-order valence-electron chi connectivity index (χ3n) is 2.87. The third-order valence-corrected chi connectivity index (χ3v) is 3.64. The highest BCUT2D eigenvalue weighted by Gasteiger charge is 2.10. The Morgan fingerprint density at radius 2 is 2.18 bits per heavy atom. The lowest BCUT2D eigenvalue weighted by Gasteiger charge is -2.16. The standard InChI is InChI=1S/C13H20BrFN2/c1-2-3-4-5-12(17-16)9-10-8-11(15)6-7-13(10)14/h6-8,12,17H,2-5,9,16H2,1H3. The molecule has 17 heavy (non-hydrogen) atoms. The van der Waals surface area contributed by atoms with Crippen molar-refractivity contribution in [3.8, 4) is 0 Å². The third kappa shape index (κ3) is 5.15. The van der Waals surface area contributed by atoms with Gasteiger partial charge in [0.05, 0.1) is 0 Å². The predicted octanol–water partition coefficient (Wildman–Crippen LogP) is 3.54. The molecule has 0 aliphatic heterocycles. The van der Waals surface area contributed by atoms with Crippen LogP contribution in [0.1, 0.15) is 38.2 Å². The van der Waals surface area contributed by atoms with Crippen LogP contribution >= 0.6 is 15.9 Å². The summed E-state index contributed by atoms with van der Waals surface area (Å²) >= 11 is 3.43. The van der Waals surface area contributed by atoms with Gasteiger partial charge in [-0.25, -0.2) is 4.39 Å². The molecule has 3 N–H and O–H groups in total. The lowest BCUT2D eigenvalue weighted by atomic mass is 10.0. The quantitative estimate of drug-likeness (QED) is 0.459. The van der Waals surface area contributed by atoms with E-state index >= 15 is 0 Å². The van der Waals surface area contributed by atoms with E-state index in [0.29, 0.717) is 0 Å². The van der Waals surface area contributed by atoms with Crippen LogP contribution in [0.5, 0.6) is 0 Å². The molecule has 2 nitrogen and oxygen atoms in total. The second-order valence-electron chi connectivity index (χ2n) is 4.30. The molecular weight excluding hydrogens is 283 g/mol. The van der Waals surface area contributed by atoms with Gasteiger partial charge in [0.1, 0.15) is 5.82 Å². The van der Waals surface area contributed by atoms with Crippen molar-refractivity contribution in [3.05, 3.63) is 34.1 Å². The molecule has 96 valence electrons. The minimum absolute atomic E-state index is 0.201. The van der Waals surface area contributed by atoms with Crippen molar-refractivity contribution in [1.29, 1.82) is 0 Å². The maximum Gasteiger partial charge on any atom is 0.123 e. The van der Waals surface area contributed by atoms with Crippen molar-refractivity contribution in [1.82, 2.24) is 5.43 Å². The molecule has 0 aromatic heterocycles. The highest BCUT2D eigenvalue weighted by molar-refractivity contribution is 9.10. The summed E-state index contributed by atoms with van der Waals surface area (Å²) in [6.45, 7) is 2.17. The summed E-state index contributed by atoms with van der Waals surface area (Å²) in [5.41, 5.74) is 3.78. The number of nitrogens with two attached hydrogens (primary N) is 1. The number of halogens is 2. The fraction of sp³-hybridized carbons (Fsp3) is 0.538. The molecule has 1 rings (SSSR count). The summed E-state index contributed by atoms with van der Waals surface area (Å²) in [7, 11) is 0. The van der Waals surface area contributed by atoms with Crippen LogP contribution in [-0.4, -0.2) is 6.04 Å². The first kappa shape index (κ1) is 14.6. The summed E-state index contributed by atoms with van der Waals surface area (Å²) < 4.78 is 14.1. The zero-order chi connectivity index (χ0) is 12.7. The molecule has 0 aliphatic carbocycles. The van der Waals surface area contributed by atoms with E-state index < -0.39 is 0 Å². The van der Waals surface area contributed by atoms with Gasteiger partial charge in [-0.3, -0.25) is 11.3 Å². The molecule has 0 saturated carbocycles. The molecule has 0 saturated heterocycles. The van der Waals surface area contributed by atoms with Crippen molar-refractivity contribution < 1.29 is 4.39 Å². The van der Waals surface area contributed by atoms with Gasteiger partial charge >= 0.3 is 0 Å². The van der Waals surface area contributed by atoms with E-state index in [1.54, 1.807) is 12.1 Å². The van der Waals surface area contributed by atoms with Crippen LogP contribution in [0.2, 0.25) is 0 Å². The average Bonchev–Trinajstić information content (AvgIpc) is 2.32. The number of hydrogen-bond acceptors (Lipinski definition) is 2. The van der Waals surface area contributed by atoms with Crippen molar-refractivity contribution >= 4 is 15.9 Å². The van der Waals surface area contributed by atoms with E-state index in [1.165, 1.54) is 18.9 Å². The van der Waals surface area contributed by atoms with Crippen LogP contribution < -0.4 is 11.3 Å². The van der Waals surface area contributed by atoms with Gasteiger partial charge in [-0.1, -0.05) is 42.1 Å². The fourth-order valence-corrected chi connectivity index (χ4v) is 2.26. The molecule has 0 aliphatic rings. The Labute approximate surface area is 111 Å². The summed E-state index contributed by atoms with van der Waals surface area (Å²) in [4.78, 5) is 0. The number of hydrogen-bond donors (Lipinski definition) is 2. The molecule has 0 spiro atoms. The lowest BCUT2D eigenvalue weighted by molar-refractivity contribution is 0.465. The van der Waals surface area contributed by atoms with Crippen molar-refractivity contribution in [2.24, 2.45) is 5.84 Å². The normalized spacial score (nSPS) is 12.7. The minimum Gasteiger partial charge on any atom is -0.271 e. The van der Waals surface area contributed by atoms with Crippen LogP contribution in [0.4, 0.5) is 4.39 Å². The van der Waals surface area contributed by atoms with Gasteiger partial charge in [-0.15, -0.1) is 0 Å². The van der Waals surface area contributed by atoms with Gasteiger partial charge in [0.15, 0.2) is 0 Å². The van der Waals surface area contributed by atoms with E-state index in [4.69, 9.17) is 5.84 Å². The summed E-state index contributed by atoms with van der Waals surface area (Å²) in [6.07, 6.45) is 5.33. The van der Waals surface area contributed by atoms with E-state index in [-0.39, 0.29) is 11.9 Å². The van der Waals surface area contributed by atoms with Gasteiger partial charge in [-0.2, -0.15) is 0 Å². The second-order valence-corrected chi connectivity index (χ2v) is 5.15. The Kier molecular flexibility index (Phi) is 6.70. The Balaban J connectivity index is 2.57. The molecule has 4 heteroatoms. The summed E-state index contributed by atoms with van der Waals surface area (Å²) in [6, 6.07) is 4.97. The number of benzene rings is 1. The van der Waals surface area contributed by atoms with Crippen LogP contribution in [0, 0.1) is 5.82 Å². The first-order valence-corrected chi connectivity index (χ1v) is 6.86. The molecular formula is C13H20BrFN2. The van der Waals surface area contributed by atoms with E-state index in [0.717, 1.165) is 29.3 Å². The number of unbranched alkanes of at least 4 members (excludes halogenated alkanes) is 2. The van der Waals surface area contributed by atoms with Gasteiger partial charge in [0.25, 0.3) is 0 Å². The summed E-state index contributed by atoms with van der Waals surface area (Å²) in [5.74, 6) is 5.33. The van der Waals surface area contributed by atoms with Crippen LogP contribution in [0.15, 0.2) is 22.7 Å². The molecule has 0 amide bonds. The maximum absolute atomic E-state index is 13.1.